The lowest BCUT2D eigenvalue weighted by atomic mass is 9.90. The van der Waals surface area contributed by atoms with E-state index in [4.69, 9.17) is 14.2 Å². The quantitative estimate of drug-likeness (QED) is 0.133. The molecule has 5 nitrogen and oxygen atoms in total. The van der Waals surface area contributed by atoms with Gasteiger partial charge in [-0.15, -0.1) is 0 Å². The van der Waals surface area contributed by atoms with E-state index in [0.29, 0.717) is 17.9 Å². The summed E-state index contributed by atoms with van der Waals surface area (Å²) >= 11 is 0. The highest BCUT2D eigenvalue weighted by molar-refractivity contribution is 5.91. The molecule has 0 aliphatic carbocycles. The van der Waals surface area contributed by atoms with Gasteiger partial charge >= 0.3 is 5.97 Å². The molecule has 222 valence electrons. The largest absolute Gasteiger partial charge is 0.497 e. The Kier molecular flexibility index (Phi) is 10.7. The molecule has 1 aliphatic rings. The van der Waals surface area contributed by atoms with Crippen molar-refractivity contribution in [1.82, 2.24) is 4.90 Å². The first-order chi connectivity index (χ1) is 21.1. The molecule has 0 atom stereocenters. The van der Waals surface area contributed by atoms with Crippen molar-refractivity contribution in [3.05, 3.63) is 131 Å². The van der Waals surface area contributed by atoms with Crippen LogP contribution in [0, 0.1) is 0 Å². The summed E-state index contributed by atoms with van der Waals surface area (Å²) in [6.45, 7) is 6.19. The Labute approximate surface area is 255 Å². The second kappa shape index (κ2) is 15.2. The van der Waals surface area contributed by atoms with E-state index in [1.54, 1.807) is 19.2 Å². The highest BCUT2D eigenvalue weighted by atomic mass is 16.5. The first-order valence-electron chi connectivity index (χ1n) is 15.2. The zero-order valence-electron chi connectivity index (χ0n) is 25.3. The van der Waals surface area contributed by atoms with Crippen LogP contribution in [0.25, 0.3) is 5.57 Å². The number of hydrogen-bond donors (Lipinski definition) is 0. The van der Waals surface area contributed by atoms with E-state index in [0.717, 1.165) is 41.2 Å². The monoisotopic (exact) mass is 575 g/mol. The fourth-order valence-electron chi connectivity index (χ4n) is 5.60. The lowest BCUT2D eigenvalue weighted by Crippen LogP contribution is -2.29. The number of benzene rings is 4. The van der Waals surface area contributed by atoms with Gasteiger partial charge in [0.25, 0.3) is 0 Å². The standard InChI is InChI=1S/C38H41NO4/c1-29(28-30-12-18-34(41-2)19-13-30)37(32-16-22-36(23-17-32)43-38(40)33-10-6-5-7-11-33)31-14-20-35(21-15-31)42-27-26-39-24-8-3-4-9-25-39/h5-7,10-23H,3-4,8-9,24-28H2,1-2H3/b37-29-. The molecule has 1 fully saturated rings. The van der Waals surface area contributed by atoms with E-state index >= 15 is 0 Å². The molecule has 0 spiro atoms. The number of allylic oxidation sites excluding steroid dienone is 1. The van der Waals surface area contributed by atoms with Crippen molar-refractivity contribution in [3.63, 3.8) is 0 Å². The van der Waals surface area contributed by atoms with Gasteiger partial charge in [-0.25, -0.2) is 4.79 Å². The summed E-state index contributed by atoms with van der Waals surface area (Å²) in [5.41, 5.74) is 6.27. The number of methoxy groups -OCH3 is 1. The zero-order valence-corrected chi connectivity index (χ0v) is 25.3. The average Bonchev–Trinajstić information content (AvgIpc) is 3.32. The first kappa shape index (κ1) is 30.1. The summed E-state index contributed by atoms with van der Waals surface area (Å²) < 4.78 is 17.1. The number of nitrogens with zero attached hydrogens (tertiary/aromatic N) is 1. The lowest BCUT2D eigenvalue weighted by molar-refractivity contribution is 0.0734. The maximum absolute atomic E-state index is 12.6. The molecule has 0 N–H and O–H groups in total. The molecule has 43 heavy (non-hydrogen) atoms. The van der Waals surface area contributed by atoms with Crippen molar-refractivity contribution in [3.8, 4) is 17.2 Å². The number of esters is 1. The maximum atomic E-state index is 12.6. The molecule has 0 saturated carbocycles. The Morgan fingerprint density at radius 1 is 0.674 bits per heavy atom. The van der Waals surface area contributed by atoms with Gasteiger partial charge in [0.2, 0.25) is 0 Å². The summed E-state index contributed by atoms with van der Waals surface area (Å²) in [6.07, 6.45) is 6.05. The predicted molar refractivity (Wildman–Crippen MR) is 173 cm³/mol. The molecule has 4 aromatic rings. The van der Waals surface area contributed by atoms with Crippen LogP contribution in [0.5, 0.6) is 17.2 Å². The number of ether oxygens (including phenoxy) is 3. The predicted octanol–water partition coefficient (Wildman–Crippen LogP) is 8.23. The number of hydrogen-bond acceptors (Lipinski definition) is 5. The molecule has 5 rings (SSSR count). The molecule has 0 radical (unpaired) electrons. The van der Waals surface area contributed by atoms with Crippen molar-refractivity contribution in [2.75, 3.05) is 33.4 Å². The van der Waals surface area contributed by atoms with E-state index in [9.17, 15) is 4.79 Å². The molecule has 0 bridgehead atoms. The van der Waals surface area contributed by atoms with Crippen LogP contribution in [-0.4, -0.2) is 44.2 Å². The van der Waals surface area contributed by atoms with Gasteiger partial charge in [-0.05, 0) is 110 Å². The third-order valence-electron chi connectivity index (χ3n) is 7.94. The van der Waals surface area contributed by atoms with Gasteiger partial charge in [-0.1, -0.05) is 73.0 Å². The molecular weight excluding hydrogens is 534 g/mol. The minimum Gasteiger partial charge on any atom is -0.497 e. The highest BCUT2D eigenvalue weighted by Crippen LogP contribution is 2.31. The van der Waals surface area contributed by atoms with Gasteiger partial charge in [-0.2, -0.15) is 0 Å². The molecule has 1 aliphatic heterocycles. The summed E-state index contributed by atoms with van der Waals surface area (Å²) in [5, 5.41) is 0. The number of likely N-dealkylation sites (tertiary alicyclic amines) is 1. The number of carbonyl (C=O) groups is 1. The van der Waals surface area contributed by atoms with Gasteiger partial charge in [0.1, 0.15) is 23.9 Å². The van der Waals surface area contributed by atoms with E-state index in [2.05, 4.69) is 48.2 Å². The smallest absolute Gasteiger partial charge is 0.343 e. The van der Waals surface area contributed by atoms with Crippen molar-refractivity contribution in [2.45, 2.75) is 39.0 Å². The fraction of sp³-hybridized carbons (Fsp3) is 0.289. The van der Waals surface area contributed by atoms with Crippen LogP contribution in [0.2, 0.25) is 0 Å². The Morgan fingerprint density at radius 3 is 1.86 bits per heavy atom. The van der Waals surface area contributed by atoms with Gasteiger partial charge in [0.15, 0.2) is 0 Å². The van der Waals surface area contributed by atoms with E-state index < -0.39 is 0 Å². The second-order valence-corrected chi connectivity index (χ2v) is 11.1. The maximum Gasteiger partial charge on any atom is 0.343 e. The average molecular weight is 576 g/mol. The van der Waals surface area contributed by atoms with Gasteiger partial charge in [-0.3, -0.25) is 4.90 Å². The van der Waals surface area contributed by atoms with Crippen molar-refractivity contribution in [1.29, 1.82) is 0 Å². The van der Waals surface area contributed by atoms with E-state index in [1.807, 2.05) is 54.6 Å². The van der Waals surface area contributed by atoms with Gasteiger partial charge in [0, 0.05) is 6.54 Å². The van der Waals surface area contributed by atoms with Crippen LogP contribution < -0.4 is 14.2 Å². The molecule has 5 heteroatoms. The van der Waals surface area contributed by atoms with Crippen LogP contribution in [-0.2, 0) is 6.42 Å². The van der Waals surface area contributed by atoms with Crippen LogP contribution in [0.3, 0.4) is 0 Å². The summed E-state index contributed by atoms with van der Waals surface area (Å²) in [5.74, 6) is 1.87. The zero-order chi connectivity index (χ0) is 29.9. The van der Waals surface area contributed by atoms with E-state index in [-0.39, 0.29) is 5.97 Å². The van der Waals surface area contributed by atoms with Gasteiger partial charge < -0.3 is 14.2 Å². The first-order valence-corrected chi connectivity index (χ1v) is 15.2. The molecule has 0 amide bonds. The Balaban J connectivity index is 1.34. The van der Waals surface area contributed by atoms with Crippen molar-refractivity contribution >= 4 is 11.5 Å². The summed E-state index contributed by atoms with van der Waals surface area (Å²) in [6, 6.07) is 33.4. The molecular formula is C38H41NO4. The van der Waals surface area contributed by atoms with Crippen molar-refractivity contribution in [2.24, 2.45) is 0 Å². The molecule has 0 aromatic heterocycles. The van der Waals surface area contributed by atoms with Crippen LogP contribution in [0.15, 0.2) is 109 Å². The van der Waals surface area contributed by atoms with Crippen LogP contribution >= 0.6 is 0 Å². The SMILES string of the molecule is COc1ccc(C/C(C)=C(/c2ccc(OCCN3CCCCCC3)cc2)c2ccc(OC(=O)c3ccccc3)cc2)cc1. The topological polar surface area (TPSA) is 48.0 Å². The lowest BCUT2D eigenvalue weighted by Gasteiger charge is -2.20. The number of carbonyl (C=O) groups excluding carboxylic acids is 1. The minimum absolute atomic E-state index is 0.369. The molecule has 1 heterocycles. The summed E-state index contributed by atoms with van der Waals surface area (Å²) in [4.78, 5) is 15.1. The normalized spacial score (nSPS) is 14.4. The second-order valence-electron chi connectivity index (χ2n) is 11.1. The Hall–Kier alpha value is -4.35. The van der Waals surface area contributed by atoms with E-state index in [1.165, 1.54) is 49.9 Å². The third kappa shape index (κ3) is 8.59. The van der Waals surface area contributed by atoms with Crippen LogP contribution in [0.1, 0.15) is 59.7 Å². The molecule has 4 aromatic carbocycles. The third-order valence-corrected chi connectivity index (χ3v) is 7.94. The van der Waals surface area contributed by atoms with Crippen LogP contribution in [0.4, 0.5) is 0 Å². The summed E-state index contributed by atoms with van der Waals surface area (Å²) in [7, 11) is 1.68. The Bertz CT molecular complexity index is 1470. The van der Waals surface area contributed by atoms with Gasteiger partial charge in [0.05, 0.1) is 12.7 Å². The molecule has 1 saturated heterocycles. The number of rotatable bonds is 11. The molecule has 0 unspecified atom stereocenters. The Morgan fingerprint density at radius 2 is 1.26 bits per heavy atom. The van der Waals surface area contributed by atoms with Crippen molar-refractivity contribution < 1.29 is 19.0 Å². The fourth-order valence-corrected chi connectivity index (χ4v) is 5.60. The minimum atomic E-state index is -0.369. The highest BCUT2D eigenvalue weighted by Gasteiger charge is 2.14.